The largest absolute Gasteiger partial charge is 0.496 e. The summed E-state index contributed by atoms with van der Waals surface area (Å²) in [6, 6.07) is 5.28. The lowest BCUT2D eigenvalue weighted by Gasteiger charge is -2.27. The zero-order valence-corrected chi connectivity index (χ0v) is 10.3. The van der Waals surface area contributed by atoms with E-state index in [9.17, 15) is 0 Å². The van der Waals surface area contributed by atoms with E-state index in [1.54, 1.807) is 25.3 Å². The van der Waals surface area contributed by atoms with E-state index in [1.807, 2.05) is 0 Å². The topological polar surface area (TPSA) is 27.7 Å². The Hall–Kier alpha value is -0.480. The summed E-state index contributed by atoms with van der Waals surface area (Å²) in [7, 11) is 1.59. The Bertz CT molecular complexity index is 375. The summed E-state index contributed by atoms with van der Waals surface area (Å²) < 4.78 is 16.4. The summed E-state index contributed by atoms with van der Waals surface area (Å²) in [4.78, 5) is 0. The quantitative estimate of drug-likeness (QED) is 0.785. The lowest BCUT2D eigenvalue weighted by Crippen LogP contribution is -2.29. The molecule has 0 radical (unpaired) electrons. The molecule has 2 rings (SSSR count). The normalized spacial score (nSPS) is 18.7. The molecule has 0 N–H and O–H groups in total. The Morgan fingerprint density at radius 3 is 2.62 bits per heavy atom. The van der Waals surface area contributed by atoms with E-state index < -0.39 is 5.79 Å². The monoisotopic (exact) mass is 262 g/mol. The molecule has 0 amide bonds. The van der Waals surface area contributed by atoms with E-state index in [1.165, 1.54) is 0 Å². The Morgan fingerprint density at radius 1 is 1.38 bits per heavy atom. The molecule has 0 bridgehead atoms. The van der Waals surface area contributed by atoms with Crippen molar-refractivity contribution in [1.82, 2.24) is 0 Å². The van der Waals surface area contributed by atoms with Gasteiger partial charge in [0.05, 0.1) is 31.8 Å². The predicted molar refractivity (Wildman–Crippen MR) is 62.3 cm³/mol. The zero-order chi connectivity index (χ0) is 11.6. The van der Waals surface area contributed by atoms with Gasteiger partial charge in [-0.05, 0) is 18.2 Å². The van der Waals surface area contributed by atoms with Crippen LogP contribution in [0.15, 0.2) is 18.2 Å². The molecule has 0 aromatic heterocycles. The van der Waals surface area contributed by atoms with Crippen LogP contribution in [-0.4, -0.2) is 26.2 Å². The molecule has 0 spiro atoms. The van der Waals surface area contributed by atoms with Gasteiger partial charge in [0.1, 0.15) is 5.75 Å². The third-order valence-corrected chi connectivity index (χ3v) is 3.09. The minimum atomic E-state index is -0.933. The van der Waals surface area contributed by atoms with Crippen molar-refractivity contribution in [1.29, 1.82) is 0 Å². The number of hydrogen-bond acceptors (Lipinski definition) is 3. The zero-order valence-electron chi connectivity index (χ0n) is 8.83. The number of ether oxygens (including phenoxy) is 3. The average Bonchev–Trinajstić information content (AvgIpc) is 2.78. The molecule has 1 saturated heterocycles. The van der Waals surface area contributed by atoms with E-state index in [0.29, 0.717) is 24.0 Å². The fourth-order valence-corrected chi connectivity index (χ4v) is 2.21. The Kier molecular flexibility index (Phi) is 3.60. The molecule has 1 aliphatic heterocycles. The third kappa shape index (κ3) is 2.00. The van der Waals surface area contributed by atoms with Crippen molar-refractivity contribution in [2.75, 3.05) is 26.2 Å². The van der Waals surface area contributed by atoms with Crippen LogP contribution in [0, 0.1) is 0 Å². The SMILES string of the molecule is COc1ccc(Cl)cc1C1(CCl)OCCO1. The first-order chi connectivity index (χ1) is 7.72. The van der Waals surface area contributed by atoms with E-state index >= 15 is 0 Å². The van der Waals surface area contributed by atoms with Crippen molar-refractivity contribution in [2.24, 2.45) is 0 Å². The van der Waals surface area contributed by atoms with Crippen LogP contribution >= 0.6 is 23.2 Å². The summed E-state index contributed by atoms with van der Waals surface area (Å²) >= 11 is 11.9. The lowest BCUT2D eigenvalue weighted by atomic mass is 10.1. The Balaban J connectivity index is 2.47. The van der Waals surface area contributed by atoms with Gasteiger partial charge in [0.2, 0.25) is 5.79 Å². The summed E-state index contributed by atoms with van der Waals surface area (Å²) in [6.07, 6.45) is 0. The molecule has 1 aromatic rings. The average molecular weight is 263 g/mol. The number of benzene rings is 1. The highest BCUT2D eigenvalue weighted by molar-refractivity contribution is 6.30. The van der Waals surface area contributed by atoms with Crippen LogP contribution in [0.1, 0.15) is 5.56 Å². The van der Waals surface area contributed by atoms with Gasteiger partial charge in [0.15, 0.2) is 0 Å². The Labute approximate surface area is 104 Å². The molecule has 5 heteroatoms. The molecule has 3 nitrogen and oxygen atoms in total. The summed E-state index contributed by atoms with van der Waals surface area (Å²) in [6.45, 7) is 1.03. The number of rotatable bonds is 3. The second-order valence-electron chi connectivity index (χ2n) is 3.43. The fourth-order valence-electron chi connectivity index (χ4n) is 1.74. The molecular formula is C11H12Cl2O3. The highest BCUT2D eigenvalue weighted by atomic mass is 35.5. The fraction of sp³-hybridized carbons (Fsp3) is 0.455. The van der Waals surface area contributed by atoms with Gasteiger partial charge in [-0.2, -0.15) is 0 Å². The van der Waals surface area contributed by atoms with Crippen molar-refractivity contribution in [3.05, 3.63) is 28.8 Å². The van der Waals surface area contributed by atoms with E-state index in [2.05, 4.69) is 0 Å². The van der Waals surface area contributed by atoms with Crippen LogP contribution in [0.25, 0.3) is 0 Å². The van der Waals surface area contributed by atoms with Crippen molar-refractivity contribution in [2.45, 2.75) is 5.79 Å². The standard InChI is InChI=1S/C11H12Cl2O3/c1-14-10-3-2-8(13)6-9(10)11(7-12)15-4-5-16-11/h2-3,6H,4-5,7H2,1H3. The minimum Gasteiger partial charge on any atom is -0.496 e. The number of methoxy groups -OCH3 is 1. The van der Waals surface area contributed by atoms with Gasteiger partial charge in [0.25, 0.3) is 0 Å². The molecule has 0 atom stereocenters. The number of alkyl halides is 1. The van der Waals surface area contributed by atoms with Gasteiger partial charge in [0, 0.05) is 5.02 Å². The summed E-state index contributed by atoms with van der Waals surface area (Å²) in [5, 5.41) is 0.597. The minimum absolute atomic E-state index is 0.198. The van der Waals surface area contributed by atoms with Gasteiger partial charge < -0.3 is 14.2 Å². The molecule has 0 saturated carbocycles. The molecule has 88 valence electrons. The van der Waals surface area contributed by atoms with Crippen molar-refractivity contribution >= 4 is 23.2 Å². The van der Waals surface area contributed by atoms with Gasteiger partial charge >= 0.3 is 0 Å². The van der Waals surface area contributed by atoms with Crippen LogP contribution in [-0.2, 0) is 15.3 Å². The van der Waals surface area contributed by atoms with Crippen LogP contribution in [0.2, 0.25) is 5.02 Å². The number of hydrogen-bond donors (Lipinski definition) is 0. The molecule has 0 aliphatic carbocycles. The van der Waals surface area contributed by atoms with Crippen LogP contribution in [0.5, 0.6) is 5.75 Å². The van der Waals surface area contributed by atoms with Crippen molar-refractivity contribution in [3.63, 3.8) is 0 Å². The summed E-state index contributed by atoms with van der Waals surface area (Å²) in [5.41, 5.74) is 0.731. The number of halogens is 2. The first kappa shape index (κ1) is 12.0. The smallest absolute Gasteiger partial charge is 0.212 e. The van der Waals surface area contributed by atoms with E-state index in [-0.39, 0.29) is 5.88 Å². The molecule has 0 unspecified atom stereocenters. The molecule has 1 aliphatic rings. The highest BCUT2D eigenvalue weighted by Gasteiger charge is 2.40. The maximum absolute atomic E-state index is 5.96. The maximum atomic E-state index is 5.96. The first-order valence-electron chi connectivity index (χ1n) is 4.90. The molecular weight excluding hydrogens is 251 g/mol. The highest BCUT2D eigenvalue weighted by Crippen LogP contribution is 2.39. The van der Waals surface area contributed by atoms with E-state index in [0.717, 1.165) is 5.56 Å². The van der Waals surface area contributed by atoms with Gasteiger partial charge in [-0.3, -0.25) is 0 Å². The van der Waals surface area contributed by atoms with Gasteiger partial charge in [-0.1, -0.05) is 11.6 Å². The first-order valence-corrected chi connectivity index (χ1v) is 5.81. The molecule has 1 fully saturated rings. The van der Waals surface area contributed by atoms with Crippen LogP contribution in [0.4, 0.5) is 0 Å². The van der Waals surface area contributed by atoms with Crippen molar-refractivity contribution < 1.29 is 14.2 Å². The van der Waals surface area contributed by atoms with Crippen molar-refractivity contribution in [3.8, 4) is 5.75 Å². The third-order valence-electron chi connectivity index (χ3n) is 2.50. The predicted octanol–water partition coefficient (Wildman–Crippen LogP) is 2.79. The van der Waals surface area contributed by atoms with E-state index in [4.69, 9.17) is 37.4 Å². The second-order valence-corrected chi connectivity index (χ2v) is 4.13. The molecule has 16 heavy (non-hydrogen) atoms. The molecule has 1 heterocycles. The van der Waals surface area contributed by atoms with Crippen LogP contribution in [0.3, 0.4) is 0 Å². The lowest BCUT2D eigenvalue weighted by molar-refractivity contribution is -0.147. The van der Waals surface area contributed by atoms with Crippen LogP contribution < -0.4 is 4.74 Å². The van der Waals surface area contributed by atoms with Gasteiger partial charge in [-0.25, -0.2) is 0 Å². The second kappa shape index (κ2) is 4.80. The van der Waals surface area contributed by atoms with Gasteiger partial charge in [-0.15, -0.1) is 11.6 Å². The maximum Gasteiger partial charge on any atom is 0.212 e. The summed E-state index contributed by atoms with van der Waals surface area (Å²) in [5.74, 6) is -0.0754. The Morgan fingerprint density at radius 2 is 2.06 bits per heavy atom. The molecule has 1 aromatic carbocycles.